The molecular formula is C20H25F6NO3. The van der Waals surface area contributed by atoms with Crippen LogP contribution in [0.3, 0.4) is 0 Å². The van der Waals surface area contributed by atoms with Crippen LogP contribution in [0.2, 0.25) is 0 Å². The van der Waals surface area contributed by atoms with Gasteiger partial charge in [0, 0.05) is 6.04 Å². The van der Waals surface area contributed by atoms with Crippen LogP contribution >= 0.6 is 0 Å². The van der Waals surface area contributed by atoms with E-state index in [9.17, 15) is 31.1 Å². The van der Waals surface area contributed by atoms with Crippen LogP contribution in [0.25, 0.3) is 0 Å². The molecule has 0 radical (unpaired) electrons. The van der Waals surface area contributed by atoms with Crippen molar-refractivity contribution < 1.29 is 40.6 Å². The van der Waals surface area contributed by atoms with E-state index in [1.807, 2.05) is 0 Å². The van der Waals surface area contributed by atoms with Gasteiger partial charge in [0.05, 0.1) is 29.9 Å². The number of carbonyl (C=O) groups excluding carboxylic acids is 1. The lowest BCUT2D eigenvalue weighted by molar-refractivity contribution is -0.143. The molecule has 0 N–H and O–H groups in total. The molecule has 1 aromatic rings. The molecular weight excluding hydrogens is 416 g/mol. The number of carbonyl (C=O) groups is 1. The fourth-order valence-electron chi connectivity index (χ4n) is 3.24. The Balaban J connectivity index is 2.18. The molecule has 2 unspecified atom stereocenters. The predicted octanol–water partition coefficient (Wildman–Crippen LogP) is 6.20. The first kappa shape index (κ1) is 24.3. The van der Waals surface area contributed by atoms with Gasteiger partial charge in [-0.15, -0.1) is 0 Å². The van der Waals surface area contributed by atoms with Crippen molar-refractivity contribution in [1.29, 1.82) is 0 Å². The van der Waals surface area contributed by atoms with Crippen LogP contribution < -0.4 is 0 Å². The van der Waals surface area contributed by atoms with Crippen LogP contribution in [0.1, 0.15) is 63.8 Å². The molecule has 0 aromatic heterocycles. The number of ether oxygens (including phenoxy) is 2. The Kier molecular flexibility index (Phi) is 6.71. The van der Waals surface area contributed by atoms with Crippen molar-refractivity contribution >= 4 is 6.09 Å². The van der Waals surface area contributed by atoms with Gasteiger partial charge >= 0.3 is 18.4 Å². The second-order valence-corrected chi connectivity index (χ2v) is 8.46. The van der Waals surface area contributed by atoms with Crippen molar-refractivity contribution in [3.63, 3.8) is 0 Å². The van der Waals surface area contributed by atoms with Crippen LogP contribution in [-0.4, -0.2) is 35.3 Å². The number of nitrogens with zero attached hydrogens (tertiary/aromatic N) is 1. The van der Waals surface area contributed by atoms with Gasteiger partial charge in [0.2, 0.25) is 0 Å². The number of halogens is 6. The average Bonchev–Trinajstić information content (AvgIpc) is 2.91. The number of rotatable bonds is 3. The molecule has 0 spiro atoms. The van der Waals surface area contributed by atoms with Crippen LogP contribution in [0.5, 0.6) is 0 Å². The zero-order chi connectivity index (χ0) is 23.1. The number of alkyl halides is 6. The molecule has 0 saturated carbocycles. The summed E-state index contributed by atoms with van der Waals surface area (Å²) in [6, 6.07) is 1.15. The first-order valence-electron chi connectivity index (χ1n) is 9.42. The SMILES string of the molecule is CC(O[C@@H]1CC(C)N(C(=O)OC(C)(C)C)C1)c1cc(C(F)(F)F)cc(C(F)(F)F)c1. The molecule has 10 heteroatoms. The van der Waals surface area contributed by atoms with Crippen molar-refractivity contribution in [1.82, 2.24) is 4.90 Å². The monoisotopic (exact) mass is 441 g/mol. The summed E-state index contributed by atoms with van der Waals surface area (Å²) in [6.45, 7) is 8.43. The molecule has 0 aliphatic carbocycles. The van der Waals surface area contributed by atoms with E-state index < -0.39 is 47.4 Å². The lowest BCUT2D eigenvalue weighted by Crippen LogP contribution is -2.39. The van der Waals surface area contributed by atoms with E-state index in [1.165, 1.54) is 11.8 Å². The van der Waals surface area contributed by atoms with E-state index in [-0.39, 0.29) is 24.2 Å². The maximum absolute atomic E-state index is 13.1. The summed E-state index contributed by atoms with van der Waals surface area (Å²) in [7, 11) is 0. The summed E-state index contributed by atoms with van der Waals surface area (Å²) >= 11 is 0. The number of hydrogen-bond donors (Lipinski definition) is 0. The number of likely N-dealkylation sites (tertiary alicyclic amines) is 1. The standard InChI is InChI=1S/C20H25F6NO3/c1-11-6-16(10-27(11)17(28)30-18(3,4)5)29-12(2)13-7-14(19(21,22)23)9-15(8-13)20(24,25)26/h7-9,11-12,16H,6,10H2,1-5H3/t11?,12?,16-/m1/s1. The molecule has 1 saturated heterocycles. The highest BCUT2D eigenvalue weighted by atomic mass is 19.4. The van der Waals surface area contributed by atoms with Gasteiger partial charge in [0.25, 0.3) is 0 Å². The van der Waals surface area contributed by atoms with E-state index >= 15 is 0 Å². The lowest BCUT2D eigenvalue weighted by atomic mass is 10.0. The van der Waals surface area contributed by atoms with Crippen LogP contribution in [-0.2, 0) is 21.8 Å². The van der Waals surface area contributed by atoms with Gasteiger partial charge < -0.3 is 14.4 Å². The second kappa shape index (κ2) is 8.28. The van der Waals surface area contributed by atoms with Gasteiger partial charge in [-0.3, -0.25) is 0 Å². The number of amides is 1. The van der Waals surface area contributed by atoms with Crippen LogP contribution in [0.15, 0.2) is 18.2 Å². The molecule has 1 amide bonds. The fourth-order valence-corrected chi connectivity index (χ4v) is 3.24. The summed E-state index contributed by atoms with van der Waals surface area (Å²) in [5.41, 5.74) is -3.72. The smallest absolute Gasteiger partial charge is 0.416 e. The van der Waals surface area contributed by atoms with E-state index in [1.54, 1.807) is 27.7 Å². The normalized spacial score (nSPS) is 21.6. The molecule has 1 heterocycles. The van der Waals surface area contributed by atoms with Crippen molar-refractivity contribution in [2.45, 2.75) is 77.2 Å². The van der Waals surface area contributed by atoms with Gasteiger partial charge in [0.1, 0.15) is 5.60 Å². The topological polar surface area (TPSA) is 38.8 Å². The molecule has 3 atom stereocenters. The Morgan fingerprint density at radius 3 is 1.97 bits per heavy atom. The van der Waals surface area contributed by atoms with E-state index in [0.717, 1.165) is 0 Å². The Morgan fingerprint density at radius 2 is 1.53 bits per heavy atom. The Labute approximate surface area is 171 Å². The highest BCUT2D eigenvalue weighted by Crippen LogP contribution is 2.38. The zero-order valence-corrected chi connectivity index (χ0v) is 17.3. The third-order valence-electron chi connectivity index (χ3n) is 4.64. The summed E-state index contributed by atoms with van der Waals surface area (Å²) < 4.78 is 89.4. The molecule has 1 aliphatic heterocycles. The Hall–Kier alpha value is -1.97. The Bertz CT molecular complexity index is 737. The van der Waals surface area contributed by atoms with Crippen molar-refractivity contribution in [3.8, 4) is 0 Å². The van der Waals surface area contributed by atoms with Crippen molar-refractivity contribution in [2.24, 2.45) is 0 Å². The van der Waals surface area contributed by atoms with Crippen molar-refractivity contribution in [3.05, 3.63) is 34.9 Å². The first-order valence-corrected chi connectivity index (χ1v) is 9.42. The molecule has 1 fully saturated rings. The summed E-state index contributed by atoms with van der Waals surface area (Å²) in [5.74, 6) is 0. The van der Waals surface area contributed by atoms with Gasteiger partial charge in [0.15, 0.2) is 0 Å². The number of hydrogen-bond acceptors (Lipinski definition) is 3. The quantitative estimate of drug-likeness (QED) is 0.525. The predicted molar refractivity (Wildman–Crippen MR) is 96.8 cm³/mol. The Morgan fingerprint density at radius 1 is 1.03 bits per heavy atom. The molecule has 1 aliphatic rings. The number of benzene rings is 1. The highest BCUT2D eigenvalue weighted by molar-refractivity contribution is 5.69. The molecule has 0 bridgehead atoms. The molecule has 2 rings (SSSR count). The maximum Gasteiger partial charge on any atom is 0.416 e. The third-order valence-corrected chi connectivity index (χ3v) is 4.64. The molecule has 1 aromatic carbocycles. The minimum atomic E-state index is -4.93. The minimum absolute atomic E-state index is 0.0815. The van der Waals surface area contributed by atoms with Gasteiger partial charge in [-0.25, -0.2) is 4.79 Å². The highest BCUT2D eigenvalue weighted by Gasteiger charge is 2.39. The van der Waals surface area contributed by atoms with E-state index in [4.69, 9.17) is 9.47 Å². The second-order valence-electron chi connectivity index (χ2n) is 8.46. The summed E-state index contributed by atoms with van der Waals surface area (Å²) in [6.07, 6.45) is -11.6. The van der Waals surface area contributed by atoms with Crippen LogP contribution in [0, 0.1) is 0 Å². The van der Waals surface area contributed by atoms with Crippen molar-refractivity contribution in [2.75, 3.05) is 6.54 Å². The largest absolute Gasteiger partial charge is 0.444 e. The van der Waals surface area contributed by atoms with Gasteiger partial charge in [-0.05, 0) is 64.8 Å². The van der Waals surface area contributed by atoms with Gasteiger partial charge in [-0.2, -0.15) is 26.3 Å². The lowest BCUT2D eigenvalue weighted by Gasteiger charge is -2.27. The summed E-state index contributed by atoms with van der Waals surface area (Å²) in [4.78, 5) is 13.7. The third kappa shape index (κ3) is 6.26. The fraction of sp³-hybridized carbons (Fsp3) is 0.650. The molecule has 170 valence electrons. The average molecular weight is 441 g/mol. The molecule has 30 heavy (non-hydrogen) atoms. The molecule has 4 nitrogen and oxygen atoms in total. The summed E-state index contributed by atoms with van der Waals surface area (Å²) in [5, 5.41) is 0. The van der Waals surface area contributed by atoms with E-state index in [2.05, 4.69) is 0 Å². The van der Waals surface area contributed by atoms with E-state index in [0.29, 0.717) is 18.6 Å². The minimum Gasteiger partial charge on any atom is -0.444 e. The zero-order valence-electron chi connectivity index (χ0n) is 17.3. The maximum atomic E-state index is 13.1. The van der Waals surface area contributed by atoms with Gasteiger partial charge in [-0.1, -0.05) is 0 Å². The van der Waals surface area contributed by atoms with Crippen LogP contribution in [0.4, 0.5) is 31.1 Å². The first-order chi connectivity index (χ1) is 13.5.